The number of halogens is 1. The summed E-state index contributed by atoms with van der Waals surface area (Å²) >= 11 is 0. The minimum absolute atomic E-state index is 0.207. The van der Waals surface area contributed by atoms with Crippen molar-refractivity contribution in [2.24, 2.45) is 0 Å². The summed E-state index contributed by atoms with van der Waals surface area (Å²) < 4.78 is 15.2. The highest BCUT2D eigenvalue weighted by atomic mass is 19.1. The van der Waals surface area contributed by atoms with Gasteiger partial charge in [-0.3, -0.25) is 9.67 Å². The Morgan fingerprint density at radius 3 is 2.71 bits per heavy atom. The predicted octanol–water partition coefficient (Wildman–Crippen LogP) is 2.08. The maximum absolute atomic E-state index is 13.4. The minimum atomic E-state index is -1.01. The van der Waals surface area contributed by atoms with Crippen molar-refractivity contribution in [3.63, 3.8) is 0 Å². The molecule has 1 N–H and O–H groups in total. The molecule has 0 spiro atoms. The molecule has 0 fully saturated rings. The van der Waals surface area contributed by atoms with Crippen LogP contribution in [0.3, 0.4) is 0 Å². The molecule has 5 heteroatoms. The van der Waals surface area contributed by atoms with Crippen molar-refractivity contribution in [2.75, 3.05) is 0 Å². The molecule has 4 nitrogen and oxygen atoms in total. The van der Waals surface area contributed by atoms with Crippen molar-refractivity contribution < 1.29 is 9.50 Å². The van der Waals surface area contributed by atoms with Crippen LogP contribution >= 0.6 is 0 Å². The van der Waals surface area contributed by atoms with E-state index in [4.69, 9.17) is 0 Å². The second-order valence-corrected chi connectivity index (χ2v) is 4.15. The molecule has 2 rings (SSSR count). The van der Waals surface area contributed by atoms with E-state index in [9.17, 15) is 9.50 Å². The summed E-state index contributed by atoms with van der Waals surface area (Å²) in [5.74, 6) is -0.516. The lowest BCUT2D eigenvalue weighted by atomic mass is 10.1. The highest BCUT2D eigenvalue weighted by Gasteiger charge is 2.16. The second-order valence-electron chi connectivity index (χ2n) is 4.15. The smallest absolute Gasteiger partial charge is 0.147 e. The highest BCUT2D eigenvalue weighted by molar-refractivity contribution is 5.26. The zero-order valence-corrected chi connectivity index (χ0v) is 9.71. The summed E-state index contributed by atoms with van der Waals surface area (Å²) in [6.45, 7) is 3.96. The van der Waals surface area contributed by atoms with Crippen molar-refractivity contribution in [3.05, 3.63) is 47.8 Å². The third-order valence-electron chi connectivity index (χ3n) is 2.56. The van der Waals surface area contributed by atoms with Gasteiger partial charge in [0.2, 0.25) is 0 Å². The lowest BCUT2D eigenvalue weighted by molar-refractivity contribution is 0.214. The van der Waals surface area contributed by atoms with Crippen molar-refractivity contribution in [2.45, 2.75) is 26.0 Å². The molecule has 0 aliphatic heterocycles. The molecule has 1 atom stereocenters. The molecule has 2 aromatic rings. The van der Waals surface area contributed by atoms with E-state index < -0.39 is 11.9 Å². The quantitative estimate of drug-likeness (QED) is 0.886. The first-order valence-corrected chi connectivity index (χ1v) is 5.41. The molecule has 90 valence electrons. The van der Waals surface area contributed by atoms with Crippen LogP contribution in [0.25, 0.3) is 0 Å². The van der Waals surface area contributed by atoms with Crippen molar-refractivity contribution in [1.82, 2.24) is 14.8 Å². The third-order valence-corrected chi connectivity index (χ3v) is 2.56. The van der Waals surface area contributed by atoms with Crippen LogP contribution in [0.1, 0.15) is 37.1 Å². The SMILES string of the molecule is CC(C)n1cc(C(O)c2ccncc2F)cn1. The largest absolute Gasteiger partial charge is 0.383 e. The Kier molecular flexibility index (Phi) is 3.19. The van der Waals surface area contributed by atoms with Crippen LogP contribution in [0, 0.1) is 5.82 Å². The van der Waals surface area contributed by atoms with Gasteiger partial charge in [-0.2, -0.15) is 5.10 Å². The summed E-state index contributed by atoms with van der Waals surface area (Å²) in [5.41, 5.74) is 0.784. The molecule has 0 bridgehead atoms. The summed E-state index contributed by atoms with van der Waals surface area (Å²) in [6, 6.07) is 1.67. The molecule has 0 saturated heterocycles. The first-order chi connectivity index (χ1) is 8.09. The normalized spacial score (nSPS) is 13.0. The van der Waals surface area contributed by atoms with Crippen LogP contribution in [0.2, 0.25) is 0 Å². The van der Waals surface area contributed by atoms with Gasteiger partial charge in [0.25, 0.3) is 0 Å². The Labute approximate surface area is 98.7 Å². The van der Waals surface area contributed by atoms with Crippen molar-refractivity contribution in [3.8, 4) is 0 Å². The summed E-state index contributed by atoms with van der Waals surface area (Å²) in [5, 5.41) is 14.2. The molecule has 2 aromatic heterocycles. The van der Waals surface area contributed by atoms with E-state index in [1.807, 2.05) is 13.8 Å². The molecule has 0 amide bonds. The van der Waals surface area contributed by atoms with Crippen molar-refractivity contribution >= 4 is 0 Å². The van der Waals surface area contributed by atoms with Gasteiger partial charge in [-0.05, 0) is 19.9 Å². The van der Waals surface area contributed by atoms with Crippen molar-refractivity contribution in [1.29, 1.82) is 0 Å². The number of hydrogen-bond acceptors (Lipinski definition) is 3. The standard InChI is InChI=1S/C12H14FN3O/c1-8(2)16-7-9(5-15-16)12(17)10-3-4-14-6-11(10)13/h3-8,12,17H,1-2H3. The molecule has 17 heavy (non-hydrogen) atoms. The fourth-order valence-electron chi connectivity index (χ4n) is 1.56. The Bertz CT molecular complexity index is 510. The van der Waals surface area contributed by atoms with Crippen LogP contribution in [-0.2, 0) is 0 Å². The molecular formula is C12H14FN3O. The van der Waals surface area contributed by atoms with Gasteiger partial charge in [-0.25, -0.2) is 4.39 Å². The lowest BCUT2D eigenvalue weighted by Crippen LogP contribution is -2.03. The Morgan fingerprint density at radius 2 is 2.12 bits per heavy atom. The molecule has 0 aromatic carbocycles. The van der Waals surface area contributed by atoms with E-state index in [-0.39, 0.29) is 11.6 Å². The van der Waals surface area contributed by atoms with Crippen LogP contribution < -0.4 is 0 Å². The summed E-state index contributed by atoms with van der Waals surface area (Å²) in [7, 11) is 0. The van der Waals surface area contributed by atoms with E-state index in [1.54, 1.807) is 17.1 Å². The minimum Gasteiger partial charge on any atom is -0.383 e. The van der Waals surface area contributed by atoms with Gasteiger partial charge >= 0.3 is 0 Å². The Morgan fingerprint density at radius 1 is 1.35 bits per heavy atom. The van der Waals surface area contributed by atoms with E-state index in [0.717, 1.165) is 6.20 Å². The molecule has 0 radical (unpaired) electrons. The van der Waals surface area contributed by atoms with E-state index in [1.165, 1.54) is 12.3 Å². The Hall–Kier alpha value is -1.75. The van der Waals surface area contributed by atoms with Crippen LogP contribution in [-0.4, -0.2) is 19.9 Å². The van der Waals surface area contributed by atoms with E-state index >= 15 is 0 Å². The Balaban J connectivity index is 2.31. The average Bonchev–Trinajstić information content (AvgIpc) is 2.78. The molecule has 0 aliphatic carbocycles. The van der Waals surface area contributed by atoms with E-state index in [2.05, 4.69) is 10.1 Å². The predicted molar refractivity (Wildman–Crippen MR) is 60.9 cm³/mol. The number of hydrogen-bond donors (Lipinski definition) is 1. The zero-order valence-electron chi connectivity index (χ0n) is 9.71. The topological polar surface area (TPSA) is 50.9 Å². The summed E-state index contributed by atoms with van der Waals surface area (Å²) in [6.07, 6.45) is 4.80. The summed E-state index contributed by atoms with van der Waals surface area (Å²) in [4.78, 5) is 3.65. The van der Waals surface area contributed by atoms with Gasteiger partial charge in [0.05, 0.1) is 12.4 Å². The number of nitrogens with zero attached hydrogens (tertiary/aromatic N) is 3. The van der Waals surface area contributed by atoms with Gasteiger partial charge in [0.1, 0.15) is 11.9 Å². The number of aliphatic hydroxyl groups excluding tert-OH is 1. The fraction of sp³-hybridized carbons (Fsp3) is 0.333. The van der Waals surface area contributed by atoms with Gasteiger partial charge < -0.3 is 5.11 Å². The van der Waals surface area contributed by atoms with Gasteiger partial charge in [0.15, 0.2) is 0 Å². The van der Waals surface area contributed by atoms with Gasteiger partial charge in [0, 0.05) is 29.6 Å². The van der Waals surface area contributed by atoms with Crippen LogP contribution in [0.4, 0.5) is 4.39 Å². The maximum Gasteiger partial charge on any atom is 0.147 e. The van der Waals surface area contributed by atoms with Crippen LogP contribution in [0.15, 0.2) is 30.9 Å². The second kappa shape index (κ2) is 4.63. The van der Waals surface area contributed by atoms with Gasteiger partial charge in [-0.1, -0.05) is 0 Å². The third kappa shape index (κ3) is 2.34. The molecule has 0 saturated carbocycles. The number of rotatable bonds is 3. The zero-order chi connectivity index (χ0) is 12.4. The van der Waals surface area contributed by atoms with E-state index in [0.29, 0.717) is 5.56 Å². The lowest BCUT2D eigenvalue weighted by Gasteiger charge is -2.09. The molecule has 0 aliphatic rings. The molecular weight excluding hydrogens is 221 g/mol. The first-order valence-electron chi connectivity index (χ1n) is 5.41. The number of aliphatic hydroxyl groups is 1. The number of aromatic nitrogens is 3. The highest BCUT2D eigenvalue weighted by Crippen LogP contribution is 2.23. The molecule has 2 heterocycles. The average molecular weight is 235 g/mol. The van der Waals surface area contributed by atoms with Gasteiger partial charge in [-0.15, -0.1) is 0 Å². The first kappa shape index (κ1) is 11.7. The number of pyridine rings is 1. The molecule has 1 unspecified atom stereocenters. The maximum atomic E-state index is 13.4. The monoisotopic (exact) mass is 235 g/mol. The fourth-order valence-corrected chi connectivity index (χ4v) is 1.56. The van der Waals surface area contributed by atoms with Crippen LogP contribution in [0.5, 0.6) is 0 Å².